The molecule has 20 heavy (non-hydrogen) atoms. The molecule has 0 heterocycles. The molecular formula is C15H11Cl2FN2. The van der Waals surface area contributed by atoms with Crippen LogP contribution in [0.3, 0.4) is 0 Å². The molecule has 1 unspecified atom stereocenters. The summed E-state index contributed by atoms with van der Waals surface area (Å²) in [6.45, 7) is 1.92. The summed E-state index contributed by atoms with van der Waals surface area (Å²) in [5.74, 6) is -0.436. The number of anilines is 1. The molecule has 0 aliphatic heterocycles. The van der Waals surface area contributed by atoms with Crippen molar-refractivity contribution in [3.8, 4) is 6.07 Å². The number of nitrogens with one attached hydrogen (secondary N) is 1. The van der Waals surface area contributed by atoms with Crippen LogP contribution in [0.4, 0.5) is 10.1 Å². The van der Waals surface area contributed by atoms with Crippen LogP contribution < -0.4 is 5.32 Å². The van der Waals surface area contributed by atoms with Gasteiger partial charge in [0.1, 0.15) is 11.9 Å². The van der Waals surface area contributed by atoms with Crippen molar-refractivity contribution >= 4 is 28.9 Å². The molecule has 0 amide bonds. The smallest absolute Gasteiger partial charge is 0.124 e. The van der Waals surface area contributed by atoms with Gasteiger partial charge in [-0.2, -0.15) is 5.26 Å². The molecule has 0 bridgehead atoms. The lowest BCUT2D eigenvalue weighted by molar-refractivity contribution is 0.627. The van der Waals surface area contributed by atoms with Gasteiger partial charge < -0.3 is 5.32 Å². The van der Waals surface area contributed by atoms with Crippen molar-refractivity contribution in [3.05, 3.63) is 63.4 Å². The van der Waals surface area contributed by atoms with Crippen LogP contribution in [0.25, 0.3) is 0 Å². The molecule has 0 saturated heterocycles. The van der Waals surface area contributed by atoms with E-state index in [4.69, 9.17) is 28.5 Å². The van der Waals surface area contributed by atoms with E-state index in [9.17, 15) is 4.39 Å². The summed E-state index contributed by atoms with van der Waals surface area (Å²) in [6, 6.07) is 11.2. The van der Waals surface area contributed by atoms with Crippen molar-refractivity contribution in [2.45, 2.75) is 13.0 Å². The molecule has 5 heteroatoms. The van der Waals surface area contributed by atoms with Crippen LogP contribution in [0.2, 0.25) is 10.0 Å². The van der Waals surface area contributed by atoms with Crippen molar-refractivity contribution in [3.63, 3.8) is 0 Å². The number of halogens is 3. The van der Waals surface area contributed by atoms with Crippen LogP contribution in [0, 0.1) is 17.1 Å². The molecule has 0 aromatic heterocycles. The molecule has 0 aliphatic rings. The maximum atomic E-state index is 13.1. The summed E-state index contributed by atoms with van der Waals surface area (Å²) in [6.07, 6.45) is 0. The van der Waals surface area contributed by atoms with E-state index in [0.29, 0.717) is 15.7 Å². The van der Waals surface area contributed by atoms with E-state index in [-0.39, 0.29) is 11.6 Å². The molecule has 1 atom stereocenters. The van der Waals surface area contributed by atoms with E-state index in [0.717, 1.165) is 5.56 Å². The van der Waals surface area contributed by atoms with E-state index in [1.165, 1.54) is 12.1 Å². The topological polar surface area (TPSA) is 35.8 Å². The minimum Gasteiger partial charge on any atom is -0.377 e. The SMILES string of the molecule is CC(Nc1ccc(F)cc1C#N)c1ccc(Cl)c(Cl)c1. The highest BCUT2D eigenvalue weighted by atomic mass is 35.5. The highest BCUT2D eigenvalue weighted by Gasteiger charge is 2.10. The van der Waals surface area contributed by atoms with E-state index in [1.54, 1.807) is 18.2 Å². The second kappa shape index (κ2) is 6.13. The molecule has 2 nitrogen and oxygen atoms in total. The molecule has 102 valence electrons. The van der Waals surface area contributed by atoms with Gasteiger partial charge in [0.15, 0.2) is 0 Å². The number of hydrogen-bond donors (Lipinski definition) is 1. The van der Waals surface area contributed by atoms with Crippen LogP contribution >= 0.6 is 23.2 Å². The van der Waals surface area contributed by atoms with Crippen molar-refractivity contribution in [2.24, 2.45) is 0 Å². The highest BCUT2D eigenvalue weighted by Crippen LogP contribution is 2.28. The average molecular weight is 309 g/mol. The zero-order valence-electron chi connectivity index (χ0n) is 10.6. The summed E-state index contributed by atoms with van der Waals surface area (Å²) < 4.78 is 13.1. The Morgan fingerprint density at radius 2 is 1.90 bits per heavy atom. The minimum atomic E-state index is -0.436. The highest BCUT2D eigenvalue weighted by molar-refractivity contribution is 6.42. The summed E-state index contributed by atoms with van der Waals surface area (Å²) in [7, 11) is 0. The van der Waals surface area contributed by atoms with Crippen LogP contribution in [-0.4, -0.2) is 0 Å². The average Bonchev–Trinajstić information content (AvgIpc) is 2.43. The predicted octanol–water partition coefficient (Wildman–Crippen LogP) is 5.18. The molecule has 1 N–H and O–H groups in total. The second-order valence-corrected chi connectivity index (χ2v) is 5.16. The van der Waals surface area contributed by atoms with Gasteiger partial charge in [-0.25, -0.2) is 4.39 Å². The molecule has 0 aliphatic carbocycles. The van der Waals surface area contributed by atoms with Crippen LogP contribution in [-0.2, 0) is 0 Å². The number of benzene rings is 2. The fraction of sp³-hybridized carbons (Fsp3) is 0.133. The van der Waals surface area contributed by atoms with Crippen molar-refractivity contribution in [1.82, 2.24) is 0 Å². The number of rotatable bonds is 3. The first-order chi connectivity index (χ1) is 9.51. The van der Waals surface area contributed by atoms with Gasteiger partial charge >= 0.3 is 0 Å². The Labute approximate surface area is 126 Å². The number of nitriles is 1. The Morgan fingerprint density at radius 1 is 1.15 bits per heavy atom. The maximum absolute atomic E-state index is 13.1. The normalized spacial score (nSPS) is 11.8. The van der Waals surface area contributed by atoms with Crippen LogP contribution in [0.1, 0.15) is 24.1 Å². The standard InChI is InChI=1S/C15H11Cl2FN2/c1-9(10-2-4-13(16)14(17)7-10)20-15-5-3-12(18)6-11(15)8-19/h2-7,9,20H,1H3. The number of hydrogen-bond acceptors (Lipinski definition) is 2. The van der Waals surface area contributed by atoms with E-state index in [2.05, 4.69) is 5.32 Å². The molecule has 2 rings (SSSR count). The quantitative estimate of drug-likeness (QED) is 0.848. The zero-order chi connectivity index (χ0) is 14.7. The van der Waals surface area contributed by atoms with E-state index < -0.39 is 5.82 Å². The molecular weight excluding hydrogens is 298 g/mol. The van der Waals surface area contributed by atoms with Gasteiger partial charge in [-0.3, -0.25) is 0 Å². The van der Waals surface area contributed by atoms with Gasteiger partial charge in [0.05, 0.1) is 21.3 Å². The monoisotopic (exact) mass is 308 g/mol. The van der Waals surface area contributed by atoms with Gasteiger partial charge in [0.2, 0.25) is 0 Å². The Hall–Kier alpha value is -1.76. The zero-order valence-corrected chi connectivity index (χ0v) is 12.1. The molecule has 0 saturated carbocycles. The van der Waals surface area contributed by atoms with Crippen molar-refractivity contribution in [2.75, 3.05) is 5.32 Å². The van der Waals surface area contributed by atoms with Gasteiger partial charge in [-0.05, 0) is 42.8 Å². The Morgan fingerprint density at radius 3 is 2.55 bits per heavy atom. The Balaban J connectivity index is 2.25. The van der Waals surface area contributed by atoms with Gasteiger partial charge in [-0.1, -0.05) is 29.3 Å². The lowest BCUT2D eigenvalue weighted by Gasteiger charge is -2.17. The number of nitrogens with zero attached hydrogens (tertiary/aromatic N) is 1. The van der Waals surface area contributed by atoms with Gasteiger partial charge in [0.25, 0.3) is 0 Å². The summed E-state index contributed by atoms with van der Waals surface area (Å²) >= 11 is 11.9. The predicted molar refractivity (Wildman–Crippen MR) is 79.6 cm³/mol. The fourth-order valence-corrected chi connectivity index (χ4v) is 2.14. The van der Waals surface area contributed by atoms with E-state index in [1.807, 2.05) is 19.1 Å². The first kappa shape index (κ1) is 14.6. The lowest BCUT2D eigenvalue weighted by Crippen LogP contribution is -2.08. The van der Waals surface area contributed by atoms with E-state index >= 15 is 0 Å². The third-order valence-corrected chi connectivity index (χ3v) is 3.66. The fourth-order valence-electron chi connectivity index (χ4n) is 1.83. The van der Waals surface area contributed by atoms with Crippen LogP contribution in [0.15, 0.2) is 36.4 Å². The molecule has 2 aromatic rings. The third-order valence-electron chi connectivity index (χ3n) is 2.92. The molecule has 2 aromatic carbocycles. The first-order valence-electron chi connectivity index (χ1n) is 5.92. The molecule has 0 spiro atoms. The Bertz CT molecular complexity index is 680. The second-order valence-electron chi connectivity index (χ2n) is 4.34. The minimum absolute atomic E-state index is 0.0951. The molecule has 0 fully saturated rings. The summed E-state index contributed by atoms with van der Waals surface area (Å²) in [5.41, 5.74) is 1.76. The Kier molecular flexibility index (Phi) is 4.49. The largest absolute Gasteiger partial charge is 0.377 e. The molecule has 0 radical (unpaired) electrons. The van der Waals surface area contributed by atoms with Crippen LogP contribution in [0.5, 0.6) is 0 Å². The van der Waals surface area contributed by atoms with Gasteiger partial charge in [0, 0.05) is 6.04 Å². The summed E-state index contributed by atoms with van der Waals surface area (Å²) in [4.78, 5) is 0. The van der Waals surface area contributed by atoms with Crippen molar-refractivity contribution < 1.29 is 4.39 Å². The third kappa shape index (κ3) is 3.22. The lowest BCUT2D eigenvalue weighted by atomic mass is 10.1. The first-order valence-corrected chi connectivity index (χ1v) is 6.68. The van der Waals surface area contributed by atoms with Crippen molar-refractivity contribution in [1.29, 1.82) is 5.26 Å². The summed E-state index contributed by atoms with van der Waals surface area (Å²) in [5, 5.41) is 13.1. The van der Waals surface area contributed by atoms with Gasteiger partial charge in [-0.15, -0.1) is 0 Å². The maximum Gasteiger partial charge on any atom is 0.124 e.